The van der Waals surface area contributed by atoms with E-state index in [1.54, 1.807) is 18.2 Å². The number of rotatable bonds is 3. The Balaban J connectivity index is 1.90. The molecule has 0 unspecified atom stereocenters. The van der Waals surface area contributed by atoms with E-state index in [4.69, 9.17) is 10.5 Å². The Morgan fingerprint density at radius 1 is 1.33 bits per heavy atom. The van der Waals surface area contributed by atoms with Gasteiger partial charge in [-0.3, -0.25) is 0 Å². The minimum absolute atomic E-state index is 0.314. The van der Waals surface area contributed by atoms with Gasteiger partial charge in [0.1, 0.15) is 0 Å². The molecule has 18 heavy (non-hydrogen) atoms. The van der Waals surface area contributed by atoms with Crippen LogP contribution in [0.25, 0.3) is 0 Å². The quantitative estimate of drug-likeness (QED) is 0.683. The predicted octanol–water partition coefficient (Wildman–Crippen LogP) is 3.77. The molecule has 1 aromatic rings. The number of ether oxygens (including phenoxy) is 1. The molecule has 0 heterocycles. The summed E-state index contributed by atoms with van der Waals surface area (Å²) in [5.41, 5.74) is 6.71. The molecule has 2 N–H and O–H groups in total. The average Bonchev–Trinajstić information content (AvgIpc) is 2.37. The molecule has 0 radical (unpaired) electrons. The normalized spacial score (nSPS) is 16.5. The predicted molar refractivity (Wildman–Crippen MR) is 75.4 cm³/mol. The molecule has 0 bridgehead atoms. The van der Waals surface area contributed by atoms with E-state index in [1.807, 2.05) is 0 Å². The van der Waals surface area contributed by atoms with Gasteiger partial charge < -0.3 is 10.5 Å². The zero-order chi connectivity index (χ0) is 13.0. The van der Waals surface area contributed by atoms with Crippen molar-refractivity contribution in [1.29, 1.82) is 0 Å². The number of hydrogen-bond donors (Lipinski definition) is 1. The highest BCUT2D eigenvalue weighted by molar-refractivity contribution is 9.10. The molecule has 1 aliphatic rings. The lowest BCUT2D eigenvalue weighted by molar-refractivity contribution is 0.0411. The van der Waals surface area contributed by atoms with Crippen molar-refractivity contribution in [2.75, 3.05) is 12.3 Å². The fourth-order valence-electron chi connectivity index (χ4n) is 2.34. The van der Waals surface area contributed by atoms with E-state index in [0.29, 0.717) is 23.8 Å². The van der Waals surface area contributed by atoms with Gasteiger partial charge in [-0.2, -0.15) is 0 Å². The summed E-state index contributed by atoms with van der Waals surface area (Å²) in [6, 6.07) is 5.22. The van der Waals surface area contributed by atoms with Gasteiger partial charge in [0.15, 0.2) is 0 Å². The van der Waals surface area contributed by atoms with Gasteiger partial charge in [-0.25, -0.2) is 4.79 Å². The van der Waals surface area contributed by atoms with Gasteiger partial charge in [0.2, 0.25) is 0 Å². The number of nitrogen functional groups attached to an aromatic ring is 1. The first-order chi connectivity index (χ1) is 8.66. The van der Waals surface area contributed by atoms with E-state index >= 15 is 0 Å². The summed E-state index contributed by atoms with van der Waals surface area (Å²) >= 11 is 3.31. The van der Waals surface area contributed by atoms with Crippen molar-refractivity contribution in [2.24, 2.45) is 5.92 Å². The first-order valence-electron chi connectivity index (χ1n) is 6.39. The van der Waals surface area contributed by atoms with Crippen molar-refractivity contribution in [1.82, 2.24) is 0 Å². The van der Waals surface area contributed by atoms with E-state index in [9.17, 15) is 4.79 Å². The molecule has 98 valence electrons. The second-order valence-electron chi connectivity index (χ2n) is 4.83. The number of esters is 1. The van der Waals surface area contributed by atoms with Crippen LogP contribution in [0.3, 0.4) is 0 Å². The molecule has 4 heteroatoms. The third-order valence-corrected chi connectivity index (χ3v) is 3.90. The fourth-order valence-corrected chi connectivity index (χ4v) is 2.72. The molecule has 1 saturated carbocycles. The topological polar surface area (TPSA) is 52.3 Å². The number of carbonyl (C=O) groups is 1. The molecule has 0 atom stereocenters. The summed E-state index contributed by atoms with van der Waals surface area (Å²) in [5, 5.41) is 0. The van der Waals surface area contributed by atoms with Crippen molar-refractivity contribution in [3.05, 3.63) is 28.2 Å². The van der Waals surface area contributed by atoms with Crippen LogP contribution in [-0.2, 0) is 4.74 Å². The lowest BCUT2D eigenvalue weighted by Crippen LogP contribution is -2.17. The number of benzene rings is 1. The molecule has 1 aliphatic carbocycles. The molecule has 0 aliphatic heterocycles. The molecule has 0 spiro atoms. The molecular formula is C14H18BrNO2. The Labute approximate surface area is 116 Å². The second-order valence-corrected chi connectivity index (χ2v) is 5.75. The summed E-state index contributed by atoms with van der Waals surface area (Å²) in [7, 11) is 0. The summed E-state index contributed by atoms with van der Waals surface area (Å²) < 4.78 is 6.22. The molecule has 0 amide bonds. The highest BCUT2D eigenvalue weighted by atomic mass is 79.9. The van der Waals surface area contributed by atoms with Crippen molar-refractivity contribution < 1.29 is 9.53 Å². The minimum Gasteiger partial charge on any atom is -0.462 e. The molecular weight excluding hydrogens is 294 g/mol. The summed E-state index contributed by atoms with van der Waals surface area (Å²) in [4.78, 5) is 11.9. The van der Waals surface area contributed by atoms with E-state index in [2.05, 4.69) is 15.9 Å². The van der Waals surface area contributed by atoms with Gasteiger partial charge in [0.25, 0.3) is 0 Å². The summed E-state index contributed by atoms with van der Waals surface area (Å²) in [6.45, 7) is 0.522. The zero-order valence-electron chi connectivity index (χ0n) is 10.3. The Kier molecular flexibility index (Phi) is 4.64. The van der Waals surface area contributed by atoms with Crippen LogP contribution in [0.1, 0.15) is 42.5 Å². The standard InChI is InChI=1S/C14H18BrNO2/c15-11-6-7-12(13(16)8-11)14(17)18-9-10-4-2-1-3-5-10/h6-8,10H,1-5,9,16H2. The average molecular weight is 312 g/mol. The second kappa shape index (κ2) is 6.23. The summed E-state index contributed by atoms with van der Waals surface area (Å²) in [6.07, 6.45) is 6.15. The Morgan fingerprint density at radius 2 is 2.06 bits per heavy atom. The number of halogens is 1. The smallest absolute Gasteiger partial charge is 0.340 e. The van der Waals surface area contributed by atoms with Gasteiger partial charge in [-0.05, 0) is 37.0 Å². The van der Waals surface area contributed by atoms with Crippen molar-refractivity contribution >= 4 is 27.6 Å². The van der Waals surface area contributed by atoms with Crippen molar-refractivity contribution in [3.8, 4) is 0 Å². The highest BCUT2D eigenvalue weighted by Gasteiger charge is 2.17. The SMILES string of the molecule is Nc1cc(Br)ccc1C(=O)OCC1CCCCC1. The highest BCUT2D eigenvalue weighted by Crippen LogP contribution is 2.25. The minimum atomic E-state index is -0.314. The van der Waals surface area contributed by atoms with Crippen LogP contribution in [0.15, 0.2) is 22.7 Å². The van der Waals surface area contributed by atoms with E-state index in [-0.39, 0.29) is 5.97 Å². The van der Waals surface area contributed by atoms with Crippen molar-refractivity contribution in [3.63, 3.8) is 0 Å². The largest absolute Gasteiger partial charge is 0.462 e. The number of carbonyl (C=O) groups excluding carboxylic acids is 1. The van der Waals surface area contributed by atoms with E-state index in [1.165, 1.54) is 32.1 Å². The maximum atomic E-state index is 11.9. The third-order valence-electron chi connectivity index (χ3n) is 3.41. The number of hydrogen-bond acceptors (Lipinski definition) is 3. The van der Waals surface area contributed by atoms with Gasteiger partial charge in [-0.1, -0.05) is 35.2 Å². The maximum absolute atomic E-state index is 11.9. The van der Waals surface area contributed by atoms with Crippen LogP contribution < -0.4 is 5.73 Å². The van der Waals surface area contributed by atoms with Crippen LogP contribution in [-0.4, -0.2) is 12.6 Å². The zero-order valence-corrected chi connectivity index (χ0v) is 11.9. The number of nitrogens with two attached hydrogens (primary N) is 1. The van der Waals surface area contributed by atoms with Crippen LogP contribution in [0.4, 0.5) is 5.69 Å². The van der Waals surface area contributed by atoms with Gasteiger partial charge in [0, 0.05) is 10.2 Å². The Morgan fingerprint density at radius 3 is 2.72 bits per heavy atom. The third kappa shape index (κ3) is 3.48. The molecule has 2 rings (SSSR count). The molecule has 1 aromatic carbocycles. The Hall–Kier alpha value is -1.03. The molecule has 0 aromatic heterocycles. The van der Waals surface area contributed by atoms with E-state index in [0.717, 1.165) is 4.47 Å². The molecule has 3 nitrogen and oxygen atoms in total. The monoisotopic (exact) mass is 311 g/mol. The van der Waals surface area contributed by atoms with Crippen LogP contribution in [0, 0.1) is 5.92 Å². The maximum Gasteiger partial charge on any atom is 0.340 e. The lowest BCUT2D eigenvalue weighted by atomic mass is 9.90. The van der Waals surface area contributed by atoms with E-state index < -0.39 is 0 Å². The van der Waals surface area contributed by atoms with Gasteiger partial charge >= 0.3 is 5.97 Å². The van der Waals surface area contributed by atoms with Gasteiger partial charge in [0.05, 0.1) is 12.2 Å². The van der Waals surface area contributed by atoms with Crippen LogP contribution >= 0.6 is 15.9 Å². The first-order valence-corrected chi connectivity index (χ1v) is 7.18. The molecule has 0 saturated heterocycles. The van der Waals surface area contributed by atoms with Crippen molar-refractivity contribution in [2.45, 2.75) is 32.1 Å². The van der Waals surface area contributed by atoms with Crippen LogP contribution in [0.5, 0.6) is 0 Å². The van der Waals surface area contributed by atoms with Crippen LogP contribution in [0.2, 0.25) is 0 Å². The first kappa shape index (κ1) is 13.4. The van der Waals surface area contributed by atoms with Gasteiger partial charge in [-0.15, -0.1) is 0 Å². The fraction of sp³-hybridized carbons (Fsp3) is 0.500. The number of anilines is 1. The summed E-state index contributed by atoms with van der Waals surface area (Å²) in [5.74, 6) is 0.213. The molecule has 1 fully saturated rings. The lowest BCUT2D eigenvalue weighted by Gasteiger charge is -2.21. The Bertz CT molecular complexity index is 428.